The number of nitrogens with zero attached hydrogens (tertiary/aromatic N) is 1. The molecule has 0 aliphatic heterocycles. The van der Waals surface area contributed by atoms with Crippen molar-refractivity contribution < 1.29 is 32.6 Å². The maximum Gasteiger partial charge on any atom is 0.573 e. The fourth-order valence-electron chi connectivity index (χ4n) is 2.34. The number of carboxylic acid groups (broad SMARTS) is 1. The predicted octanol–water partition coefficient (Wildman–Crippen LogP) is 3.02. The first kappa shape index (κ1) is 19.0. The van der Waals surface area contributed by atoms with Crippen molar-refractivity contribution in [2.45, 2.75) is 6.36 Å². The van der Waals surface area contributed by atoms with Crippen LogP contribution in [0.25, 0.3) is 11.0 Å². The van der Waals surface area contributed by atoms with Crippen LogP contribution in [-0.4, -0.2) is 39.9 Å². The number of carboxylic acids is 1. The van der Waals surface area contributed by atoms with Crippen LogP contribution in [0.4, 0.5) is 24.8 Å². The smallest absolute Gasteiger partial charge is 0.480 e. The van der Waals surface area contributed by atoms with Gasteiger partial charge in [0.2, 0.25) is 5.95 Å². The fraction of sp³-hybridized carbons (Fsp3) is 0.118. The molecule has 3 rings (SSSR count). The Morgan fingerprint density at radius 2 is 1.86 bits per heavy atom. The van der Waals surface area contributed by atoms with Gasteiger partial charge >= 0.3 is 12.3 Å². The summed E-state index contributed by atoms with van der Waals surface area (Å²) in [6, 6.07) is 9.66. The van der Waals surface area contributed by atoms with Crippen LogP contribution >= 0.6 is 0 Å². The number of imidazole rings is 1. The van der Waals surface area contributed by atoms with Crippen molar-refractivity contribution in [3.8, 4) is 5.75 Å². The summed E-state index contributed by atoms with van der Waals surface area (Å²) in [5, 5.41) is 13.7. The summed E-state index contributed by atoms with van der Waals surface area (Å²) in [5.41, 5.74) is 1.77. The first-order valence-corrected chi connectivity index (χ1v) is 7.82. The molecule has 0 saturated carbocycles. The highest BCUT2D eigenvalue weighted by Gasteiger charge is 2.30. The van der Waals surface area contributed by atoms with Gasteiger partial charge in [0.1, 0.15) is 12.3 Å². The largest absolute Gasteiger partial charge is 0.573 e. The Bertz CT molecular complexity index is 1020. The quantitative estimate of drug-likeness (QED) is 0.511. The number of aromatic nitrogens is 2. The number of rotatable bonds is 6. The number of aliphatic carboxylic acids is 1. The topological polar surface area (TPSA) is 116 Å². The molecule has 0 aliphatic carbocycles. The molecule has 1 aromatic heterocycles. The lowest BCUT2D eigenvalue weighted by Gasteiger charge is -2.09. The van der Waals surface area contributed by atoms with Crippen LogP contribution in [0.5, 0.6) is 5.75 Å². The van der Waals surface area contributed by atoms with Crippen molar-refractivity contribution in [2.75, 3.05) is 11.9 Å². The Morgan fingerprint density at radius 3 is 2.50 bits per heavy atom. The number of ether oxygens (including phenoxy) is 1. The number of halogens is 3. The molecule has 0 saturated heterocycles. The van der Waals surface area contributed by atoms with E-state index < -0.39 is 24.8 Å². The van der Waals surface area contributed by atoms with E-state index in [0.29, 0.717) is 22.7 Å². The summed E-state index contributed by atoms with van der Waals surface area (Å²) in [6.45, 7) is -0.499. The Hall–Kier alpha value is -3.76. The van der Waals surface area contributed by atoms with Crippen molar-refractivity contribution in [3.63, 3.8) is 0 Å². The summed E-state index contributed by atoms with van der Waals surface area (Å²) < 4.78 is 40.3. The molecule has 0 bridgehead atoms. The number of carbonyl (C=O) groups excluding carboxylic acids is 1. The van der Waals surface area contributed by atoms with Gasteiger partial charge in [-0.1, -0.05) is 0 Å². The van der Waals surface area contributed by atoms with E-state index in [1.54, 1.807) is 6.07 Å². The van der Waals surface area contributed by atoms with Gasteiger partial charge in [0, 0.05) is 11.3 Å². The van der Waals surface area contributed by atoms with Crippen LogP contribution in [0.15, 0.2) is 42.5 Å². The molecule has 3 aromatic rings. The molecule has 0 fully saturated rings. The number of alkyl halides is 3. The van der Waals surface area contributed by atoms with Gasteiger partial charge in [-0.15, -0.1) is 13.2 Å². The van der Waals surface area contributed by atoms with Crippen molar-refractivity contribution >= 4 is 34.5 Å². The SMILES string of the molecule is O=C(O)CNC(=O)c1ccc2nc(Nc3ccc(OC(F)(F)F)cc3)[nH]c2c1. The zero-order valence-electron chi connectivity index (χ0n) is 14.0. The molecule has 0 radical (unpaired) electrons. The molecule has 146 valence electrons. The van der Waals surface area contributed by atoms with Crippen molar-refractivity contribution in [1.82, 2.24) is 15.3 Å². The summed E-state index contributed by atoms with van der Waals surface area (Å²) in [4.78, 5) is 29.6. The second-order valence-corrected chi connectivity index (χ2v) is 5.59. The highest BCUT2D eigenvalue weighted by Crippen LogP contribution is 2.25. The number of fused-ring (bicyclic) bond motifs is 1. The Labute approximate surface area is 155 Å². The molecule has 2 aromatic carbocycles. The molecule has 8 nitrogen and oxygen atoms in total. The predicted molar refractivity (Wildman–Crippen MR) is 92.5 cm³/mol. The van der Waals surface area contributed by atoms with E-state index in [2.05, 4.69) is 25.3 Å². The molecule has 0 spiro atoms. The molecule has 4 N–H and O–H groups in total. The van der Waals surface area contributed by atoms with Crippen LogP contribution in [-0.2, 0) is 4.79 Å². The summed E-state index contributed by atoms with van der Waals surface area (Å²) in [7, 11) is 0. The minimum atomic E-state index is -4.76. The normalized spacial score (nSPS) is 11.2. The zero-order chi connectivity index (χ0) is 20.3. The average Bonchev–Trinajstić information content (AvgIpc) is 3.01. The number of H-pyrrole nitrogens is 1. The van der Waals surface area contributed by atoms with Gasteiger partial charge in [0.25, 0.3) is 5.91 Å². The van der Waals surface area contributed by atoms with E-state index >= 15 is 0 Å². The van der Waals surface area contributed by atoms with Gasteiger partial charge in [-0.25, -0.2) is 4.98 Å². The lowest BCUT2D eigenvalue weighted by Crippen LogP contribution is -2.29. The average molecular weight is 394 g/mol. The first-order chi connectivity index (χ1) is 13.2. The van der Waals surface area contributed by atoms with Crippen molar-refractivity contribution in [2.24, 2.45) is 0 Å². The lowest BCUT2D eigenvalue weighted by atomic mass is 10.2. The first-order valence-electron chi connectivity index (χ1n) is 7.82. The van der Waals surface area contributed by atoms with Crippen LogP contribution in [0, 0.1) is 0 Å². The van der Waals surface area contributed by atoms with Crippen LogP contribution in [0.2, 0.25) is 0 Å². The van der Waals surface area contributed by atoms with E-state index in [0.717, 1.165) is 12.1 Å². The minimum absolute atomic E-state index is 0.248. The van der Waals surface area contributed by atoms with Crippen molar-refractivity contribution in [3.05, 3.63) is 48.0 Å². The summed E-state index contributed by atoms with van der Waals surface area (Å²) >= 11 is 0. The minimum Gasteiger partial charge on any atom is -0.480 e. The van der Waals surface area contributed by atoms with E-state index in [1.807, 2.05) is 0 Å². The highest BCUT2D eigenvalue weighted by molar-refractivity contribution is 5.98. The number of benzene rings is 2. The van der Waals surface area contributed by atoms with Gasteiger partial charge in [-0.3, -0.25) is 9.59 Å². The van der Waals surface area contributed by atoms with E-state index in [4.69, 9.17) is 5.11 Å². The fourth-order valence-corrected chi connectivity index (χ4v) is 2.34. The van der Waals surface area contributed by atoms with Gasteiger partial charge < -0.3 is 25.5 Å². The molecule has 0 atom stereocenters. The third kappa shape index (κ3) is 4.90. The monoisotopic (exact) mass is 394 g/mol. The zero-order valence-corrected chi connectivity index (χ0v) is 14.0. The van der Waals surface area contributed by atoms with Crippen LogP contribution in [0.3, 0.4) is 0 Å². The Kier molecular flexibility index (Phi) is 5.07. The summed E-state index contributed by atoms with van der Waals surface area (Å²) in [5.74, 6) is -1.75. The molecule has 1 amide bonds. The summed E-state index contributed by atoms with van der Waals surface area (Å²) in [6.07, 6.45) is -4.76. The third-order valence-corrected chi connectivity index (χ3v) is 3.49. The van der Waals surface area contributed by atoms with Crippen molar-refractivity contribution in [1.29, 1.82) is 0 Å². The standard InChI is InChI=1S/C17H13F3N4O4/c18-17(19,20)28-11-4-2-10(3-5-11)22-16-23-12-6-1-9(7-13(12)24-16)15(27)21-8-14(25)26/h1-7H,8H2,(H,21,27)(H,25,26)(H2,22,23,24). The number of hydrogen-bond donors (Lipinski definition) is 4. The molecule has 0 aliphatic rings. The maximum absolute atomic E-state index is 12.2. The number of anilines is 2. The van der Waals surface area contributed by atoms with Crippen LogP contribution < -0.4 is 15.4 Å². The molecule has 28 heavy (non-hydrogen) atoms. The second-order valence-electron chi connectivity index (χ2n) is 5.59. The number of amides is 1. The Morgan fingerprint density at radius 1 is 1.14 bits per heavy atom. The van der Waals surface area contributed by atoms with E-state index in [-0.39, 0.29) is 11.3 Å². The van der Waals surface area contributed by atoms with Crippen LogP contribution in [0.1, 0.15) is 10.4 Å². The third-order valence-electron chi connectivity index (χ3n) is 3.49. The van der Waals surface area contributed by atoms with Gasteiger partial charge in [0.05, 0.1) is 11.0 Å². The number of carbonyl (C=O) groups is 2. The number of nitrogens with one attached hydrogen (secondary N) is 3. The second kappa shape index (κ2) is 7.47. The van der Waals surface area contributed by atoms with Gasteiger partial charge in [-0.2, -0.15) is 0 Å². The number of aromatic amines is 1. The number of hydrogen-bond acceptors (Lipinski definition) is 5. The molecular formula is C17H13F3N4O4. The van der Waals surface area contributed by atoms with E-state index in [9.17, 15) is 22.8 Å². The van der Waals surface area contributed by atoms with Gasteiger partial charge in [0.15, 0.2) is 0 Å². The molecule has 0 unspecified atom stereocenters. The molecular weight excluding hydrogens is 381 g/mol. The van der Waals surface area contributed by atoms with Gasteiger partial charge in [-0.05, 0) is 42.5 Å². The Balaban J connectivity index is 1.72. The molecule has 11 heteroatoms. The lowest BCUT2D eigenvalue weighted by molar-refractivity contribution is -0.274. The highest BCUT2D eigenvalue weighted by atomic mass is 19.4. The van der Waals surface area contributed by atoms with E-state index in [1.165, 1.54) is 24.3 Å². The maximum atomic E-state index is 12.2. The molecule has 1 heterocycles.